The molecule has 5 heteroatoms. The smallest absolute Gasteiger partial charge is 0.168 e. The third kappa shape index (κ3) is 9.85. The van der Waals surface area contributed by atoms with E-state index in [2.05, 4.69) is 59.5 Å². The maximum atomic E-state index is 5.59. The van der Waals surface area contributed by atoms with Gasteiger partial charge < -0.3 is 19.9 Å². The lowest BCUT2D eigenvalue weighted by Gasteiger charge is -2.27. The molecule has 0 saturated heterocycles. The number of hydrogen-bond donors (Lipinski definition) is 1. The zero-order valence-corrected chi connectivity index (χ0v) is 16.3. The van der Waals surface area contributed by atoms with Gasteiger partial charge in [0.15, 0.2) is 5.11 Å². The van der Waals surface area contributed by atoms with Gasteiger partial charge in [0.1, 0.15) is 0 Å². The summed E-state index contributed by atoms with van der Waals surface area (Å²) in [6.07, 6.45) is 3.18. The maximum absolute atomic E-state index is 5.59. The Kier molecular flexibility index (Phi) is 11.4. The molecule has 0 aromatic heterocycles. The topological polar surface area (TPSA) is 27.7 Å². The molecule has 0 heterocycles. The van der Waals surface area contributed by atoms with Crippen LogP contribution in [-0.4, -0.2) is 68.4 Å². The molecule has 0 bridgehead atoms. The van der Waals surface area contributed by atoms with Gasteiger partial charge in [-0.1, -0.05) is 30.3 Å². The molecule has 136 valence electrons. The fraction of sp³-hybridized carbons (Fsp3) is 0.632. The van der Waals surface area contributed by atoms with Gasteiger partial charge in [-0.15, -0.1) is 0 Å². The zero-order valence-electron chi connectivity index (χ0n) is 15.5. The van der Waals surface area contributed by atoms with Crippen molar-refractivity contribution in [3.8, 4) is 0 Å². The Hall–Kier alpha value is -1.17. The lowest BCUT2D eigenvalue weighted by Crippen LogP contribution is -2.44. The second kappa shape index (κ2) is 13.2. The minimum Gasteiger partial charge on any atom is -0.382 e. The molecule has 0 spiro atoms. The Morgan fingerprint density at radius 2 is 1.83 bits per heavy atom. The van der Waals surface area contributed by atoms with Crippen molar-refractivity contribution in [2.75, 3.05) is 53.5 Å². The van der Waals surface area contributed by atoms with Crippen LogP contribution in [0, 0.1) is 0 Å². The molecule has 0 atom stereocenters. The second-order valence-electron chi connectivity index (χ2n) is 6.16. The predicted molar refractivity (Wildman–Crippen MR) is 107 cm³/mol. The molecule has 24 heavy (non-hydrogen) atoms. The van der Waals surface area contributed by atoms with Crippen molar-refractivity contribution in [2.24, 2.45) is 0 Å². The van der Waals surface area contributed by atoms with Gasteiger partial charge in [-0.25, -0.2) is 0 Å². The van der Waals surface area contributed by atoms with Crippen molar-refractivity contribution >= 4 is 17.3 Å². The third-order valence-corrected chi connectivity index (χ3v) is 4.19. The molecule has 0 aliphatic rings. The summed E-state index contributed by atoms with van der Waals surface area (Å²) < 4.78 is 5.37. The minimum atomic E-state index is 0.777. The Bertz CT molecular complexity index is 439. The quantitative estimate of drug-likeness (QED) is 0.462. The van der Waals surface area contributed by atoms with E-state index in [-0.39, 0.29) is 0 Å². The number of benzene rings is 1. The highest BCUT2D eigenvalue weighted by atomic mass is 32.1. The highest BCUT2D eigenvalue weighted by molar-refractivity contribution is 7.80. The van der Waals surface area contributed by atoms with E-state index in [1.807, 2.05) is 6.92 Å². The van der Waals surface area contributed by atoms with Crippen molar-refractivity contribution in [1.29, 1.82) is 0 Å². The van der Waals surface area contributed by atoms with Crippen molar-refractivity contribution in [2.45, 2.75) is 26.2 Å². The van der Waals surface area contributed by atoms with E-state index >= 15 is 0 Å². The van der Waals surface area contributed by atoms with E-state index in [1.54, 1.807) is 0 Å². The number of aryl methyl sites for hydroxylation is 1. The van der Waals surface area contributed by atoms with Crippen LogP contribution in [-0.2, 0) is 11.2 Å². The second-order valence-corrected chi connectivity index (χ2v) is 6.55. The SMILES string of the molecule is CCOCCCNC(=S)N(CCCc1ccccc1)CCN(C)C. The van der Waals surface area contributed by atoms with Gasteiger partial charge in [0, 0.05) is 39.4 Å². The molecule has 0 aliphatic heterocycles. The minimum absolute atomic E-state index is 0.777. The molecule has 1 aromatic carbocycles. The Morgan fingerprint density at radius 1 is 1.08 bits per heavy atom. The largest absolute Gasteiger partial charge is 0.382 e. The van der Waals surface area contributed by atoms with Crippen LogP contribution in [0.3, 0.4) is 0 Å². The summed E-state index contributed by atoms with van der Waals surface area (Å²) in [7, 11) is 4.20. The van der Waals surface area contributed by atoms with Gasteiger partial charge in [0.05, 0.1) is 0 Å². The third-order valence-electron chi connectivity index (χ3n) is 3.79. The molecule has 4 nitrogen and oxygen atoms in total. The summed E-state index contributed by atoms with van der Waals surface area (Å²) >= 11 is 5.59. The van der Waals surface area contributed by atoms with Crippen LogP contribution in [0.25, 0.3) is 0 Å². The van der Waals surface area contributed by atoms with Crippen molar-refractivity contribution in [3.63, 3.8) is 0 Å². The van der Waals surface area contributed by atoms with Crippen LogP contribution in [0.15, 0.2) is 30.3 Å². The summed E-state index contributed by atoms with van der Waals surface area (Å²) in [4.78, 5) is 4.49. The standard InChI is InChI=1S/C19H33N3OS/c1-4-23-17-9-13-20-19(24)22(16-15-21(2)3)14-8-12-18-10-6-5-7-11-18/h5-7,10-11H,4,8-9,12-17H2,1-3H3,(H,20,24). The first kappa shape index (κ1) is 20.9. The highest BCUT2D eigenvalue weighted by Crippen LogP contribution is 2.04. The van der Waals surface area contributed by atoms with Crippen LogP contribution >= 0.6 is 12.2 Å². The lowest BCUT2D eigenvalue weighted by atomic mass is 10.1. The van der Waals surface area contributed by atoms with Crippen molar-refractivity contribution in [1.82, 2.24) is 15.1 Å². The van der Waals surface area contributed by atoms with E-state index in [4.69, 9.17) is 17.0 Å². The summed E-state index contributed by atoms with van der Waals surface area (Å²) in [5, 5.41) is 4.24. The first-order chi connectivity index (χ1) is 11.6. The lowest BCUT2D eigenvalue weighted by molar-refractivity contribution is 0.145. The van der Waals surface area contributed by atoms with Crippen LogP contribution in [0.1, 0.15) is 25.3 Å². The van der Waals surface area contributed by atoms with Gasteiger partial charge in [-0.3, -0.25) is 0 Å². The van der Waals surface area contributed by atoms with Crippen molar-refractivity contribution < 1.29 is 4.74 Å². The Morgan fingerprint density at radius 3 is 2.50 bits per heavy atom. The number of ether oxygens (including phenoxy) is 1. The first-order valence-corrected chi connectivity index (χ1v) is 9.33. The van der Waals surface area contributed by atoms with Crippen LogP contribution < -0.4 is 5.32 Å². The van der Waals surface area contributed by atoms with Crippen LogP contribution in [0.5, 0.6) is 0 Å². The maximum Gasteiger partial charge on any atom is 0.168 e. The van der Waals surface area contributed by atoms with Gasteiger partial charge in [-0.2, -0.15) is 0 Å². The molecule has 0 radical (unpaired) electrons. The molecule has 0 unspecified atom stereocenters. The van der Waals surface area contributed by atoms with Crippen LogP contribution in [0.4, 0.5) is 0 Å². The van der Waals surface area contributed by atoms with Gasteiger partial charge in [-0.05, 0) is 58.1 Å². The van der Waals surface area contributed by atoms with E-state index in [0.717, 1.165) is 63.8 Å². The van der Waals surface area contributed by atoms with Crippen LogP contribution in [0.2, 0.25) is 0 Å². The summed E-state index contributed by atoms with van der Waals surface area (Å²) in [5.41, 5.74) is 1.39. The summed E-state index contributed by atoms with van der Waals surface area (Å²) in [6.45, 7) is 7.41. The predicted octanol–water partition coefficient (Wildman–Crippen LogP) is 2.78. The van der Waals surface area contributed by atoms with Gasteiger partial charge in [0.25, 0.3) is 0 Å². The molecule has 0 fully saturated rings. The zero-order chi connectivity index (χ0) is 17.6. The van der Waals surface area contributed by atoms with E-state index < -0.39 is 0 Å². The number of nitrogens with zero attached hydrogens (tertiary/aromatic N) is 2. The Labute approximate surface area is 153 Å². The number of thiocarbonyl (C=S) groups is 1. The van der Waals surface area contributed by atoms with Gasteiger partial charge >= 0.3 is 0 Å². The average molecular weight is 352 g/mol. The van der Waals surface area contributed by atoms with Crippen molar-refractivity contribution in [3.05, 3.63) is 35.9 Å². The monoisotopic (exact) mass is 351 g/mol. The number of likely N-dealkylation sites (N-methyl/N-ethyl adjacent to an activating group) is 1. The van der Waals surface area contributed by atoms with Gasteiger partial charge in [0.2, 0.25) is 0 Å². The first-order valence-electron chi connectivity index (χ1n) is 8.92. The molecule has 1 N–H and O–H groups in total. The summed E-state index contributed by atoms with van der Waals surface area (Å²) in [5.74, 6) is 0. The molecule has 0 amide bonds. The highest BCUT2D eigenvalue weighted by Gasteiger charge is 2.09. The molecule has 1 rings (SSSR count). The summed E-state index contributed by atoms with van der Waals surface area (Å²) in [6, 6.07) is 10.6. The number of rotatable bonds is 12. The fourth-order valence-electron chi connectivity index (χ4n) is 2.38. The molecule has 0 aliphatic carbocycles. The molecular formula is C19H33N3OS. The molecular weight excluding hydrogens is 318 g/mol. The number of nitrogens with one attached hydrogen (secondary N) is 1. The van der Waals surface area contributed by atoms with E-state index in [9.17, 15) is 0 Å². The number of hydrogen-bond acceptors (Lipinski definition) is 3. The molecule has 1 aromatic rings. The van der Waals surface area contributed by atoms with E-state index in [0.29, 0.717) is 0 Å². The Balaban J connectivity index is 2.36. The average Bonchev–Trinajstić information content (AvgIpc) is 2.58. The normalized spacial score (nSPS) is 10.8. The molecule has 0 saturated carbocycles. The fourth-order valence-corrected chi connectivity index (χ4v) is 2.66. The van der Waals surface area contributed by atoms with E-state index in [1.165, 1.54) is 5.56 Å².